The molecule has 0 aliphatic heterocycles. The molecule has 5 heteroatoms. The minimum absolute atomic E-state index is 0.0794. The van der Waals surface area contributed by atoms with Crippen LogP contribution in [0.5, 0.6) is 5.75 Å². The summed E-state index contributed by atoms with van der Waals surface area (Å²) in [6.07, 6.45) is 0.155. The predicted molar refractivity (Wildman–Crippen MR) is 99.8 cm³/mol. The third-order valence-corrected chi connectivity index (χ3v) is 4.04. The number of hydrogen-bond donors (Lipinski definition) is 0. The van der Waals surface area contributed by atoms with Crippen molar-refractivity contribution < 1.29 is 19.1 Å². The first-order valence-electron chi connectivity index (χ1n) is 8.79. The maximum Gasteiger partial charge on any atom is 0.307 e. The summed E-state index contributed by atoms with van der Waals surface area (Å²) in [5.74, 6) is 0.155. The van der Waals surface area contributed by atoms with Gasteiger partial charge in [0.25, 0.3) is 5.91 Å². The van der Waals surface area contributed by atoms with Gasteiger partial charge in [-0.05, 0) is 31.5 Å². The van der Waals surface area contributed by atoms with E-state index in [4.69, 9.17) is 9.47 Å². The molecule has 0 spiro atoms. The van der Waals surface area contributed by atoms with Gasteiger partial charge in [-0.25, -0.2) is 0 Å². The SMILES string of the molecule is CCOC(=O)CCN(C(=O)COc1ccccc1)C(C)c1ccccc1. The highest BCUT2D eigenvalue weighted by Gasteiger charge is 2.23. The van der Waals surface area contributed by atoms with Crippen molar-refractivity contribution in [3.63, 3.8) is 0 Å². The Balaban J connectivity index is 2.05. The molecule has 5 nitrogen and oxygen atoms in total. The highest BCUT2D eigenvalue weighted by atomic mass is 16.5. The molecule has 1 unspecified atom stereocenters. The second-order valence-corrected chi connectivity index (χ2v) is 5.83. The Bertz CT molecular complexity index is 688. The Morgan fingerprint density at radius 2 is 1.62 bits per heavy atom. The Kier molecular flexibility index (Phi) is 7.68. The lowest BCUT2D eigenvalue weighted by atomic mass is 10.1. The number of ether oxygens (including phenoxy) is 2. The average molecular weight is 355 g/mol. The number of esters is 1. The van der Waals surface area contributed by atoms with Gasteiger partial charge in [0.05, 0.1) is 19.1 Å². The Labute approximate surface area is 154 Å². The number of para-hydroxylation sites is 1. The average Bonchev–Trinajstić information content (AvgIpc) is 2.68. The summed E-state index contributed by atoms with van der Waals surface area (Å²) in [5, 5.41) is 0. The van der Waals surface area contributed by atoms with Crippen molar-refractivity contribution in [2.24, 2.45) is 0 Å². The highest BCUT2D eigenvalue weighted by molar-refractivity contribution is 5.79. The molecule has 26 heavy (non-hydrogen) atoms. The molecule has 0 saturated heterocycles. The number of nitrogens with zero attached hydrogens (tertiary/aromatic N) is 1. The monoisotopic (exact) mass is 355 g/mol. The van der Waals surface area contributed by atoms with Gasteiger partial charge < -0.3 is 14.4 Å². The molecule has 0 N–H and O–H groups in total. The summed E-state index contributed by atoms with van der Waals surface area (Å²) in [4.78, 5) is 26.1. The standard InChI is InChI=1S/C21H25NO4/c1-3-25-21(24)14-15-22(17(2)18-10-6-4-7-11-18)20(23)16-26-19-12-8-5-9-13-19/h4-13,17H,3,14-16H2,1-2H3. The van der Waals surface area contributed by atoms with Gasteiger partial charge in [-0.2, -0.15) is 0 Å². The molecular formula is C21H25NO4. The van der Waals surface area contributed by atoms with Crippen LogP contribution in [0.2, 0.25) is 0 Å². The van der Waals surface area contributed by atoms with E-state index in [0.717, 1.165) is 5.56 Å². The first-order chi connectivity index (χ1) is 12.6. The van der Waals surface area contributed by atoms with E-state index in [2.05, 4.69) is 0 Å². The van der Waals surface area contributed by atoms with Gasteiger partial charge in [-0.1, -0.05) is 48.5 Å². The van der Waals surface area contributed by atoms with E-state index in [1.165, 1.54) is 0 Å². The molecule has 0 fully saturated rings. The lowest BCUT2D eigenvalue weighted by Crippen LogP contribution is -2.38. The summed E-state index contributed by atoms with van der Waals surface area (Å²) in [6, 6.07) is 18.7. The molecule has 0 heterocycles. The molecule has 2 rings (SSSR count). The van der Waals surface area contributed by atoms with Crippen LogP contribution in [0.15, 0.2) is 60.7 Å². The van der Waals surface area contributed by atoms with Gasteiger partial charge in [0, 0.05) is 6.54 Å². The van der Waals surface area contributed by atoms with E-state index in [1.807, 2.05) is 55.5 Å². The van der Waals surface area contributed by atoms with Crippen LogP contribution in [0.3, 0.4) is 0 Å². The van der Waals surface area contributed by atoms with Gasteiger partial charge >= 0.3 is 5.97 Å². The minimum Gasteiger partial charge on any atom is -0.484 e. The first-order valence-corrected chi connectivity index (χ1v) is 8.79. The smallest absolute Gasteiger partial charge is 0.307 e. The van der Waals surface area contributed by atoms with Crippen molar-refractivity contribution in [2.45, 2.75) is 26.3 Å². The van der Waals surface area contributed by atoms with Gasteiger partial charge in [0.1, 0.15) is 5.75 Å². The molecule has 138 valence electrons. The number of amides is 1. The second-order valence-electron chi connectivity index (χ2n) is 5.83. The van der Waals surface area contributed by atoms with E-state index in [-0.39, 0.29) is 37.5 Å². The van der Waals surface area contributed by atoms with Crippen LogP contribution < -0.4 is 4.74 Å². The number of carbonyl (C=O) groups excluding carboxylic acids is 2. The van der Waals surface area contributed by atoms with E-state index in [9.17, 15) is 9.59 Å². The molecule has 2 aromatic carbocycles. The van der Waals surface area contributed by atoms with E-state index in [1.54, 1.807) is 24.0 Å². The number of hydrogen-bond acceptors (Lipinski definition) is 4. The van der Waals surface area contributed by atoms with Crippen molar-refractivity contribution in [1.82, 2.24) is 4.90 Å². The minimum atomic E-state index is -0.311. The van der Waals surface area contributed by atoms with Crippen molar-refractivity contribution >= 4 is 11.9 Å². The number of benzene rings is 2. The van der Waals surface area contributed by atoms with Gasteiger partial charge in [-0.3, -0.25) is 9.59 Å². The normalized spacial score (nSPS) is 11.5. The Morgan fingerprint density at radius 3 is 2.23 bits per heavy atom. The van der Waals surface area contributed by atoms with Crippen LogP contribution in [0.4, 0.5) is 0 Å². The molecule has 0 radical (unpaired) electrons. The summed E-state index contributed by atoms with van der Waals surface area (Å²) in [7, 11) is 0. The zero-order chi connectivity index (χ0) is 18.8. The lowest BCUT2D eigenvalue weighted by molar-refractivity contribution is -0.144. The van der Waals surface area contributed by atoms with Crippen molar-refractivity contribution in [1.29, 1.82) is 0 Å². The zero-order valence-electron chi connectivity index (χ0n) is 15.3. The quantitative estimate of drug-likeness (QED) is 0.645. The van der Waals surface area contributed by atoms with E-state index in [0.29, 0.717) is 12.4 Å². The number of carbonyl (C=O) groups is 2. The zero-order valence-corrected chi connectivity index (χ0v) is 15.3. The van der Waals surface area contributed by atoms with Gasteiger partial charge in [-0.15, -0.1) is 0 Å². The molecule has 0 aromatic heterocycles. The van der Waals surface area contributed by atoms with Crippen LogP contribution in [0, 0.1) is 0 Å². The Hall–Kier alpha value is -2.82. The van der Waals surface area contributed by atoms with Crippen LogP contribution >= 0.6 is 0 Å². The fourth-order valence-electron chi connectivity index (χ4n) is 2.64. The summed E-state index contributed by atoms with van der Waals surface area (Å²) in [5.41, 5.74) is 1.00. The molecule has 1 atom stereocenters. The van der Waals surface area contributed by atoms with Crippen LogP contribution in [0.25, 0.3) is 0 Å². The second kappa shape index (κ2) is 10.2. The Morgan fingerprint density at radius 1 is 1.00 bits per heavy atom. The lowest BCUT2D eigenvalue weighted by Gasteiger charge is -2.29. The molecule has 2 aromatic rings. The van der Waals surface area contributed by atoms with E-state index >= 15 is 0 Å². The van der Waals surface area contributed by atoms with Gasteiger partial charge in [0.2, 0.25) is 0 Å². The molecule has 0 bridgehead atoms. The summed E-state index contributed by atoms with van der Waals surface area (Å²) in [6.45, 7) is 4.25. The third-order valence-electron chi connectivity index (χ3n) is 4.04. The third kappa shape index (κ3) is 5.92. The fourth-order valence-corrected chi connectivity index (χ4v) is 2.64. The first kappa shape index (κ1) is 19.5. The molecular weight excluding hydrogens is 330 g/mol. The van der Waals surface area contributed by atoms with Gasteiger partial charge in [0.15, 0.2) is 6.61 Å². The summed E-state index contributed by atoms with van der Waals surface area (Å²) >= 11 is 0. The van der Waals surface area contributed by atoms with Crippen LogP contribution in [0.1, 0.15) is 31.9 Å². The largest absolute Gasteiger partial charge is 0.484 e. The predicted octanol–water partition coefficient (Wildman–Crippen LogP) is 3.61. The summed E-state index contributed by atoms with van der Waals surface area (Å²) < 4.78 is 10.6. The maximum atomic E-state index is 12.8. The molecule has 0 aliphatic rings. The fraction of sp³-hybridized carbons (Fsp3) is 0.333. The molecule has 1 amide bonds. The van der Waals surface area contributed by atoms with E-state index < -0.39 is 0 Å². The highest BCUT2D eigenvalue weighted by Crippen LogP contribution is 2.21. The topological polar surface area (TPSA) is 55.8 Å². The van der Waals surface area contributed by atoms with Crippen molar-refractivity contribution in [2.75, 3.05) is 19.8 Å². The molecule has 0 aliphatic carbocycles. The van der Waals surface area contributed by atoms with Crippen LogP contribution in [-0.4, -0.2) is 36.5 Å². The van der Waals surface area contributed by atoms with Crippen LogP contribution in [-0.2, 0) is 14.3 Å². The number of rotatable bonds is 9. The van der Waals surface area contributed by atoms with Crippen molar-refractivity contribution in [3.8, 4) is 5.75 Å². The van der Waals surface area contributed by atoms with Crippen molar-refractivity contribution in [3.05, 3.63) is 66.2 Å². The molecule has 0 saturated carbocycles. The maximum absolute atomic E-state index is 12.8.